The number of aromatic nitrogens is 2. The van der Waals surface area contributed by atoms with Crippen molar-refractivity contribution < 1.29 is 0 Å². The normalized spacial score (nSPS) is 9.95. The van der Waals surface area contributed by atoms with Crippen molar-refractivity contribution in [3.63, 3.8) is 0 Å². The summed E-state index contributed by atoms with van der Waals surface area (Å²) >= 11 is 1.64. The number of nitrogens with two attached hydrogens (primary N) is 1. The van der Waals surface area contributed by atoms with Gasteiger partial charge in [-0.3, -0.25) is 0 Å². The Labute approximate surface area is 124 Å². The van der Waals surface area contributed by atoms with Crippen LogP contribution in [0.25, 0.3) is 0 Å². The van der Waals surface area contributed by atoms with Gasteiger partial charge in [-0.05, 0) is 37.6 Å². The molecule has 0 unspecified atom stereocenters. The summed E-state index contributed by atoms with van der Waals surface area (Å²) in [6, 6.07) is 10.2. The SMILES string of the molecule is Cc1cc(C)nc(SCc2cccc(C#CCN)c2)n1. The quantitative estimate of drug-likeness (QED) is 0.534. The second-order valence-electron chi connectivity index (χ2n) is 4.43. The predicted octanol–water partition coefficient (Wildman–Crippen LogP) is 2.70. The summed E-state index contributed by atoms with van der Waals surface area (Å²) in [6.45, 7) is 4.36. The maximum absolute atomic E-state index is 5.38. The predicted molar refractivity (Wildman–Crippen MR) is 83.4 cm³/mol. The maximum atomic E-state index is 5.38. The van der Waals surface area contributed by atoms with Crippen LogP contribution < -0.4 is 5.73 Å². The van der Waals surface area contributed by atoms with Crippen LogP contribution in [-0.4, -0.2) is 16.5 Å². The zero-order valence-electron chi connectivity index (χ0n) is 11.7. The van der Waals surface area contributed by atoms with Gasteiger partial charge in [0.15, 0.2) is 5.16 Å². The van der Waals surface area contributed by atoms with Crippen LogP contribution in [0.5, 0.6) is 0 Å². The van der Waals surface area contributed by atoms with Gasteiger partial charge in [0.05, 0.1) is 6.54 Å². The van der Waals surface area contributed by atoms with Gasteiger partial charge in [-0.2, -0.15) is 0 Å². The third-order valence-corrected chi connectivity index (χ3v) is 3.51. The molecule has 2 aromatic rings. The average Bonchev–Trinajstić information content (AvgIpc) is 2.42. The molecule has 0 bridgehead atoms. The Morgan fingerprint density at radius 2 is 1.90 bits per heavy atom. The Balaban J connectivity index is 2.07. The minimum atomic E-state index is 0.384. The Kier molecular flexibility index (Phi) is 5.16. The van der Waals surface area contributed by atoms with Crippen molar-refractivity contribution in [1.82, 2.24) is 9.97 Å². The first-order valence-corrected chi connectivity index (χ1v) is 7.39. The largest absolute Gasteiger partial charge is 0.320 e. The third kappa shape index (κ3) is 4.37. The summed E-state index contributed by atoms with van der Waals surface area (Å²) in [7, 11) is 0. The van der Waals surface area contributed by atoms with E-state index in [1.165, 1.54) is 5.56 Å². The molecule has 0 amide bonds. The minimum Gasteiger partial charge on any atom is -0.320 e. The van der Waals surface area contributed by atoms with Gasteiger partial charge in [0.1, 0.15) is 0 Å². The Bertz CT molecular complexity index is 636. The van der Waals surface area contributed by atoms with Crippen molar-refractivity contribution in [1.29, 1.82) is 0 Å². The molecule has 20 heavy (non-hydrogen) atoms. The molecule has 4 heteroatoms. The van der Waals surface area contributed by atoms with Crippen LogP contribution in [-0.2, 0) is 5.75 Å². The van der Waals surface area contributed by atoms with E-state index in [1.807, 2.05) is 32.0 Å². The third-order valence-electron chi connectivity index (χ3n) is 2.59. The molecule has 3 nitrogen and oxygen atoms in total. The van der Waals surface area contributed by atoms with Crippen LogP contribution in [0.1, 0.15) is 22.5 Å². The molecule has 0 aliphatic carbocycles. The van der Waals surface area contributed by atoms with Gasteiger partial charge in [-0.1, -0.05) is 35.7 Å². The number of nitrogens with zero attached hydrogens (tertiary/aromatic N) is 2. The number of benzene rings is 1. The molecule has 0 atom stereocenters. The maximum Gasteiger partial charge on any atom is 0.188 e. The molecule has 0 radical (unpaired) electrons. The average molecular weight is 283 g/mol. The van der Waals surface area contributed by atoms with E-state index in [1.54, 1.807) is 11.8 Å². The highest BCUT2D eigenvalue weighted by Crippen LogP contribution is 2.20. The Morgan fingerprint density at radius 3 is 2.60 bits per heavy atom. The summed E-state index contributed by atoms with van der Waals surface area (Å²) in [6.07, 6.45) is 0. The van der Waals surface area contributed by atoms with Gasteiger partial charge in [0.25, 0.3) is 0 Å². The van der Waals surface area contributed by atoms with E-state index in [9.17, 15) is 0 Å². The van der Waals surface area contributed by atoms with E-state index < -0.39 is 0 Å². The molecule has 102 valence electrons. The van der Waals surface area contributed by atoms with Crippen LogP contribution in [0, 0.1) is 25.7 Å². The molecule has 0 saturated carbocycles. The lowest BCUT2D eigenvalue weighted by molar-refractivity contribution is 0.902. The first-order valence-electron chi connectivity index (χ1n) is 6.40. The van der Waals surface area contributed by atoms with Gasteiger partial charge < -0.3 is 5.73 Å². The minimum absolute atomic E-state index is 0.384. The molecule has 0 spiro atoms. The zero-order chi connectivity index (χ0) is 14.4. The van der Waals surface area contributed by atoms with E-state index in [4.69, 9.17) is 5.73 Å². The molecule has 1 heterocycles. The van der Waals surface area contributed by atoms with Crippen LogP contribution in [0.3, 0.4) is 0 Å². The first kappa shape index (κ1) is 14.6. The van der Waals surface area contributed by atoms with E-state index in [2.05, 4.69) is 33.9 Å². The number of hydrogen-bond donors (Lipinski definition) is 1. The van der Waals surface area contributed by atoms with Gasteiger partial charge in [0, 0.05) is 22.7 Å². The summed E-state index contributed by atoms with van der Waals surface area (Å²) in [5.41, 5.74) is 9.59. The molecule has 1 aromatic heterocycles. The molecule has 0 aliphatic rings. The van der Waals surface area contributed by atoms with Crippen molar-refractivity contribution in [3.05, 3.63) is 52.8 Å². The lowest BCUT2D eigenvalue weighted by Crippen LogP contribution is -1.94. The Hall–Kier alpha value is -1.83. The topological polar surface area (TPSA) is 51.8 Å². The summed E-state index contributed by atoms with van der Waals surface area (Å²) in [5.74, 6) is 6.75. The standard InChI is InChI=1S/C16H17N3S/c1-12-9-13(2)19-16(18-12)20-11-15-6-3-5-14(10-15)7-4-8-17/h3,5-6,9-10H,8,11,17H2,1-2H3. The number of aryl methyl sites for hydroxylation is 2. The van der Waals surface area contributed by atoms with Crippen LogP contribution >= 0.6 is 11.8 Å². The van der Waals surface area contributed by atoms with Crippen LogP contribution in [0.15, 0.2) is 35.5 Å². The second kappa shape index (κ2) is 7.09. The highest BCUT2D eigenvalue weighted by atomic mass is 32.2. The highest BCUT2D eigenvalue weighted by molar-refractivity contribution is 7.98. The van der Waals surface area contributed by atoms with Crippen LogP contribution in [0.2, 0.25) is 0 Å². The molecule has 2 rings (SSSR count). The van der Waals surface area contributed by atoms with Gasteiger partial charge >= 0.3 is 0 Å². The first-order chi connectivity index (χ1) is 9.67. The number of thioether (sulfide) groups is 1. The van der Waals surface area contributed by atoms with Gasteiger partial charge in [0.2, 0.25) is 0 Å². The molecule has 0 fully saturated rings. The summed E-state index contributed by atoms with van der Waals surface area (Å²) < 4.78 is 0. The van der Waals surface area contributed by atoms with Crippen molar-refractivity contribution in [2.24, 2.45) is 5.73 Å². The molecular formula is C16H17N3S. The molecular weight excluding hydrogens is 266 g/mol. The zero-order valence-corrected chi connectivity index (χ0v) is 12.5. The molecule has 0 aliphatic heterocycles. The van der Waals surface area contributed by atoms with Crippen molar-refractivity contribution in [2.75, 3.05) is 6.54 Å². The Morgan fingerprint density at radius 1 is 1.15 bits per heavy atom. The summed E-state index contributed by atoms with van der Waals surface area (Å²) in [4.78, 5) is 8.86. The fraction of sp³-hybridized carbons (Fsp3) is 0.250. The van der Waals surface area contributed by atoms with Crippen molar-refractivity contribution in [2.45, 2.75) is 24.8 Å². The monoisotopic (exact) mass is 283 g/mol. The molecule has 2 N–H and O–H groups in total. The van der Waals surface area contributed by atoms with Gasteiger partial charge in [-0.25, -0.2) is 9.97 Å². The van der Waals surface area contributed by atoms with Crippen LogP contribution in [0.4, 0.5) is 0 Å². The lowest BCUT2D eigenvalue weighted by Gasteiger charge is -2.03. The van der Waals surface area contributed by atoms with E-state index in [-0.39, 0.29) is 0 Å². The van der Waals surface area contributed by atoms with Crippen molar-refractivity contribution >= 4 is 11.8 Å². The number of hydrogen-bond acceptors (Lipinski definition) is 4. The van der Waals surface area contributed by atoms with E-state index >= 15 is 0 Å². The summed E-state index contributed by atoms with van der Waals surface area (Å²) in [5, 5.41) is 0.820. The number of rotatable bonds is 3. The van der Waals surface area contributed by atoms with E-state index in [0.29, 0.717) is 6.54 Å². The molecule has 0 saturated heterocycles. The van der Waals surface area contributed by atoms with Gasteiger partial charge in [-0.15, -0.1) is 0 Å². The van der Waals surface area contributed by atoms with E-state index in [0.717, 1.165) is 27.9 Å². The fourth-order valence-electron chi connectivity index (χ4n) is 1.80. The van der Waals surface area contributed by atoms with Crippen molar-refractivity contribution in [3.8, 4) is 11.8 Å². The molecule has 1 aromatic carbocycles. The second-order valence-corrected chi connectivity index (χ2v) is 5.37. The fourth-order valence-corrected chi connectivity index (χ4v) is 2.69. The lowest BCUT2D eigenvalue weighted by atomic mass is 10.1. The highest BCUT2D eigenvalue weighted by Gasteiger charge is 2.02. The smallest absolute Gasteiger partial charge is 0.188 e.